The van der Waals surface area contributed by atoms with Gasteiger partial charge < -0.3 is 5.73 Å². The Morgan fingerprint density at radius 1 is 1.30 bits per heavy atom. The normalized spacial score (nSPS) is 16.1. The lowest BCUT2D eigenvalue weighted by atomic mass is 10.1. The van der Waals surface area contributed by atoms with E-state index in [1.807, 2.05) is 11.4 Å². The zero-order valence-corrected chi connectivity index (χ0v) is 12.8. The van der Waals surface area contributed by atoms with Gasteiger partial charge in [0.1, 0.15) is 0 Å². The number of nitrogens with zero attached hydrogens (tertiary/aromatic N) is 1. The first kappa shape index (κ1) is 13.6. The van der Waals surface area contributed by atoms with Crippen LogP contribution >= 0.6 is 11.3 Å². The van der Waals surface area contributed by atoms with Crippen molar-refractivity contribution in [2.24, 2.45) is 0 Å². The van der Waals surface area contributed by atoms with Crippen LogP contribution in [0.4, 0.5) is 5.69 Å². The van der Waals surface area contributed by atoms with E-state index in [4.69, 9.17) is 5.73 Å². The molecule has 106 valence electrons. The molecule has 4 nitrogen and oxygen atoms in total. The standard InChI is InChI=1S/C14H16N2O2S2/c1-10-2-3-12(15)8-14(10)20(17,18)16-6-4-13-11(9-16)5-7-19-13/h2-3,5,7-8H,4,6,9,15H2,1H3. The van der Waals surface area contributed by atoms with Crippen molar-refractivity contribution in [1.29, 1.82) is 0 Å². The van der Waals surface area contributed by atoms with Gasteiger partial charge >= 0.3 is 0 Å². The van der Waals surface area contributed by atoms with Gasteiger partial charge in [0.05, 0.1) is 4.90 Å². The van der Waals surface area contributed by atoms with Gasteiger partial charge in [0.15, 0.2) is 0 Å². The van der Waals surface area contributed by atoms with E-state index in [0.717, 1.165) is 17.5 Å². The van der Waals surface area contributed by atoms with Crippen molar-refractivity contribution < 1.29 is 8.42 Å². The number of rotatable bonds is 2. The summed E-state index contributed by atoms with van der Waals surface area (Å²) in [5.41, 5.74) is 8.06. The maximum absolute atomic E-state index is 12.8. The summed E-state index contributed by atoms with van der Waals surface area (Å²) in [6, 6.07) is 7.03. The van der Waals surface area contributed by atoms with Crippen molar-refractivity contribution in [3.05, 3.63) is 45.6 Å². The number of sulfonamides is 1. The molecule has 0 bridgehead atoms. The summed E-state index contributed by atoms with van der Waals surface area (Å²) >= 11 is 1.70. The fourth-order valence-corrected chi connectivity index (χ4v) is 5.03. The number of thiophene rings is 1. The SMILES string of the molecule is Cc1ccc(N)cc1S(=O)(=O)N1CCc2sccc2C1. The van der Waals surface area contributed by atoms with E-state index in [-0.39, 0.29) is 0 Å². The zero-order chi connectivity index (χ0) is 14.3. The van der Waals surface area contributed by atoms with E-state index in [2.05, 4.69) is 0 Å². The lowest BCUT2D eigenvalue weighted by Gasteiger charge is -2.27. The molecule has 2 heterocycles. The number of hydrogen-bond donors (Lipinski definition) is 1. The van der Waals surface area contributed by atoms with Crippen molar-refractivity contribution >= 4 is 27.0 Å². The molecule has 1 aliphatic rings. The predicted molar refractivity (Wildman–Crippen MR) is 81.2 cm³/mol. The summed E-state index contributed by atoms with van der Waals surface area (Å²) in [5.74, 6) is 0. The van der Waals surface area contributed by atoms with Gasteiger partial charge in [-0.3, -0.25) is 0 Å². The van der Waals surface area contributed by atoms with Crippen molar-refractivity contribution in [2.45, 2.75) is 24.8 Å². The number of anilines is 1. The average molecular weight is 308 g/mol. The molecule has 1 aromatic heterocycles. The largest absolute Gasteiger partial charge is 0.399 e. The molecule has 1 aromatic carbocycles. The Labute approximate surface area is 122 Å². The molecule has 0 aliphatic carbocycles. The molecule has 20 heavy (non-hydrogen) atoms. The Morgan fingerprint density at radius 3 is 2.90 bits per heavy atom. The Balaban J connectivity index is 1.99. The van der Waals surface area contributed by atoms with Crippen molar-refractivity contribution in [3.63, 3.8) is 0 Å². The molecule has 0 saturated heterocycles. The van der Waals surface area contributed by atoms with E-state index >= 15 is 0 Å². The van der Waals surface area contributed by atoms with Gasteiger partial charge in [-0.15, -0.1) is 11.3 Å². The quantitative estimate of drug-likeness (QED) is 0.866. The molecular weight excluding hydrogens is 292 g/mol. The first-order valence-electron chi connectivity index (χ1n) is 6.40. The molecule has 0 atom stereocenters. The number of aryl methyl sites for hydroxylation is 1. The van der Waals surface area contributed by atoms with E-state index in [1.165, 1.54) is 4.88 Å². The van der Waals surface area contributed by atoms with Crippen molar-refractivity contribution in [2.75, 3.05) is 12.3 Å². The van der Waals surface area contributed by atoms with Crippen molar-refractivity contribution in [1.82, 2.24) is 4.31 Å². The summed E-state index contributed by atoms with van der Waals surface area (Å²) < 4.78 is 27.1. The van der Waals surface area contributed by atoms with Gasteiger partial charge in [-0.25, -0.2) is 8.42 Å². The summed E-state index contributed by atoms with van der Waals surface area (Å²) in [6.07, 6.45) is 0.785. The highest BCUT2D eigenvalue weighted by atomic mass is 32.2. The maximum Gasteiger partial charge on any atom is 0.243 e. The molecule has 3 rings (SSSR count). The molecular formula is C14H16N2O2S2. The third-order valence-electron chi connectivity index (χ3n) is 3.60. The van der Waals surface area contributed by atoms with Crippen LogP contribution in [-0.4, -0.2) is 19.3 Å². The van der Waals surface area contributed by atoms with E-state index in [1.54, 1.807) is 40.8 Å². The van der Waals surface area contributed by atoms with Gasteiger partial charge in [-0.2, -0.15) is 4.31 Å². The van der Waals surface area contributed by atoms with Gasteiger partial charge in [0, 0.05) is 23.7 Å². The molecule has 0 saturated carbocycles. The van der Waals surface area contributed by atoms with Crippen LogP contribution in [0.3, 0.4) is 0 Å². The number of hydrogen-bond acceptors (Lipinski definition) is 4. The lowest BCUT2D eigenvalue weighted by Crippen LogP contribution is -2.35. The molecule has 2 aromatic rings. The zero-order valence-electron chi connectivity index (χ0n) is 11.2. The van der Waals surface area contributed by atoms with E-state index in [9.17, 15) is 8.42 Å². The van der Waals surface area contributed by atoms with Crippen LogP contribution in [0.5, 0.6) is 0 Å². The summed E-state index contributed by atoms with van der Waals surface area (Å²) in [5, 5.41) is 2.02. The van der Waals surface area contributed by atoms with Crippen LogP contribution in [0.15, 0.2) is 34.5 Å². The van der Waals surface area contributed by atoms with Crippen LogP contribution in [0.1, 0.15) is 16.0 Å². The number of fused-ring (bicyclic) bond motifs is 1. The van der Waals surface area contributed by atoms with E-state index < -0.39 is 10.0 Å². The van der Waals surface area contributed by atoms with Crippen LogP contribution < -0.4 is 5.73 Å². The van der Waals surface area contributed by atoms with Crippen molar-refractivity contribution in [3.8, 4) is 0 Å². The average Bonchev–Trinajstić information content (AvgIpc) is 2.88. The van der Waals surface area contributed by atoms with E-state index in [0.29, 0.717) is 23.7 Å². The molecule has 6 heteroatoms. The molecule has 0 amide bonds. The van der Waals surface area contributed by atoms with Crippen LogP contribution in [0.25, 0.3) is 0 Å². The highest BCUT2D eigenvalue weighted by molar-refractivity contribution is 7.89. The monoisotopic (exact) mass is 308 g/mol. The summed E-state index contributed by atoms with van der Waals surface area (Å²) in [4.78, 5) is 1.61. The van der Waals surface area contributed by atoms with Crippen LogP contribution in [-0.2, 0) is 23.0 Å². The number of benzene rings is 1. The second-order valence-electron chi connectivity index (χ2n) is 4.98. The topological polar surface area (TPSA) is 63.4 Å². The minimum atomic E-state index is -3.48. The minimum Gasteiger partial charge on any atom is -0.399 e. The third-order valence-corrected chi connectivity index (χ3v) is 6.61. The summed E-state index contributed by atoms with van der Waals surface area (Å²) in [7, 11) is -3.48. The second-order valence-corrected chi connectivity index (χ2v) is 7.89. The molecule has 1 aliphatic heterocycles. The highest BCUT2D eigenvalue weighted by Gasteiger charge is 2.29. The van der Waals surface area contributed by atoms with Gasteiger partial charge in [0.2, 0.25) is 10.0 Å². The number of nitrogens with two attached hydrogens (primary N) is 1. The van der Waals surface area contributed by atoms with Gasteiger partial charge in [-0.1, -0.05) is 6.07 Å². The third kappa shape index (κ3) is 2.24. The fourth-order valence-electron chi connectivity index (χ4n) is 2.46. The maximum atomic E-state index is 12.8. The highest BCUT2D eigenvalue weighted by Crippen LogP contribution is 2.29. The smallest absolute Gasteiger partial charge is 0.243 e. The van der Waals surface area contributed by atoms with Crippen LogP contribution in [0, 0.1) is 6.92 Å². The molecule has 0 radical (unpaired) electrons. The Hall–Kier alpha value is -1.37. The first-order valence-corrected chi connectivity index (χ1v) is 8.72. The predicted octanol–water partition coefficient (Wildman–Crippen LogP) is 2.39. The molecule has 0 fully saturated rings. The molecule has 0 spiro atoms. The number of nitrogen functional groups attached to an aromatic ring is 1. The Kier molecular flexibility index (Phi) is 3.32. The van der Waals surface area contributed by atoms with Gasteiger partial charge in [-0.05, 0) is 48.1 Å². The molecule has 0 unspecified atom stereocenters. The minimum absolute atomic E-state index is 0.316. The summed E-state index contributed by atoms with van der Waals surface area (Å²) in [6.45, 7) is 2.78. The first-order chi connectivity index (χ1) is 9.48. The second kappa shape index (κ2) is 4.87. The van der Waals surface area contributed by atoms with Gasteiger partial charge in [0.25, 0.3) is 0 Å². The Bertz CT molecular complexity index is 750. The lowest BCUT2D eigenvalue weighted by molar-refractivity contribution is 0.394. The fraction of sp³-hybridized carbons (Fsp3) is 0.286. The van der Waals surface area contributed by atoms with Crippen LogP contribution in [0.2, 0.25) is 0 Å². The Morgan fingerprint density at radius 2 is 2.10 bits per heavy atom. The molecule has 2 N–H and O–H groups in total.